The van der Waals surface area contributed by atoms with E-state index in [4.69, 9.17) is 4.74 Å². The van der Waals surface area contributed by atoms with Crippen molar-refractivity contribution in [3.63, 3.8) is 0 Å². The van der Waals surface area contributed by atoms with Crippen molar-refractivity contribution in [1.29, 1.82) is 0 Å². The van der Waals surface area contributed by atoms with E-state index in [1.165, 1.54) is 4.90 Å². The number of nitrogens with one attached hydrogen (secondary N) is 1. The predicted molar refractivity (Wildman–Crippen MR) is 130 cm³/mol. The monoisotopic (exact) mass is 487 g/mol. The van der Waals surface area contributed by atoms with Crippen molar-refractivity contribution in [2.24, 2.45) is 0 Å². The third-order valence-corrected chi connectivity index (χ3v) is 7.07. The Morgan fingerprint density at radius 1 is 1.03 bits per heavy atom. The molecule has 2 aromatic rings. The summed E-state index contributed by atoms with van der Waals surface area (Å²) >= 11 is 0. The van der Waals surface area contributed by atoms with Crippen LogP contribution in [0, 0.1) is 0 Å². The highest BCUT2D eigenvalue weighted by atomic mass is 32.2. The number of nitrogens with zero attached hydrogens (tertiary/aromatic N) is 2. The molecular weight excluding hydrogens is 454 g/mol. The van der Waals surface area contributed by atoms with Crippen molar-refractivity contribution in [1.82, 2.24) is 14.5 Å². The normalized spacial score (nSPS) is 16.9. The van der Waals surface area contributed by atoms with Crippen molar-refractivity contribution >= 4 is 21.8 Å². The fourth-order valence-electron chi connectivity index (χ4n) is 3.85. The zero-order valence-electron chi connectivity index (χ0n) is 19.7. The first-order valence-corrected chi connectivity index (χ1v) is 13.3. The Hall–Kier alpha value is -2.75. The maximum absolute atomic E-state index is 13.4. The lowest BCUT2D eigenvalue weighted by molar-refractivity contribution is -0.141. The Morgan fingerprint density at radius 3 is 2.15 bits per heavy atom. The molecule has 1 aliphatic rings. The van der Waals surface area contributed by atoms with Crippen LogP contribution in [-0.2, 0) is 37.4 Å². The van der Waals surface area contributed by atoms with Crippen LogP contribution < -0.4 is 5.32 Å². The smallest absolute Gasteiger partial charge is 0.242 e. The summed E-state index contributed by atoms with van der Waals surface area (Å²) < 4.78 is 31.6. The molecular formula is C25H33N3O5S. The summed E-state index contributed by atoms with van der Waals surface area (Å²) in [5.74, 6) is -0.737. The van der Waals surface area contributed by atoms with Gasteiger partial charge in [-0.1, -0.05) is 60.7 Å². The molecule has 1 saturated heterocycles. The van der Waals surface area contributed by atoms with Crippen LogP contribution in [0.15, 0.2) is 60.7 Å². The number of amides is 2. The van der Waals surface area contributed by atoms with Gasteiger partial charge in [0.2, 0.25) is 21.8 Å². The number of hydrogen-bond acceptors (Lipinski definition) is 5. The van der Waals surface area contributed by atoms with Crippen LogP contribution in [0.5, 0.6) is 0 Å². The van der Waals surface area contributed by atoms with Crippen LogP contribution in [0.4, 0.5) is 0 Å². The van der Waals surface area contributed by atoms with Crippen molar-refractivity contribution < 1.29 is 22.7 Å². The lowest BCUT2D eigenvalue weighted by Gasteiger charge is -2.31. The molecule has 1 fully saturated rings. The quantitative estimate of drug-likeness (QED) is 0.524. The molecule has 0 unspecified atom stereocenters. The average Bonchev–Trinajstić information content (AvgIpc) is 3.34. The highest BCUT2D eigenvalue weighted by Crippen LogP contribution is 2.14. The maximum Gasteiger partial charge on any atom is 0.242 e. The van der Waals surface area contributed by atoms with Gasteiger partial charge in [-0.05, 0) is 30.9 Å². The fraction of sp³-hybridized carbons (Fsp3) is 0.440. The van der Waals surface area contributed by atoms with Crippen LogP contribution in [0.1, 0.15) is 30.9 Å². The van der Waals surface area contributed by atoms with Crippen LogP contribution >= 0.6 is 0 Å². The van der Waals surface area contributed by atoms with E-state index >= 15 is 0 Å². The molecule has 2 atom stereocenters. The SMILES string of the molecule is C[C@@H](C(=O)NC[C@H]1CCCO1)N(Cc1ccccc1)C(=O)CN(Cc1ccccc1)S(C)(=O)=O. The van der Waals surface area contributed by atoms with Gasteiger partial charge in [0.05, 0.1) is 18.9 Å². The molecule has 0 radical (unpaired) electrons. The molecule has 8 nitrogen and oxygen atoms in total. The largest absolute Gasteiger partial charge is 0.376 e. The number of carbonyl (C=O) groups is 2. The number of benzene rings is 2. The minimum Gasteiger partial charge on any atom is -0.376 e. The summed E-state index contributed by atoms with van der Waals surface area (Å²) in [5.41, 5.74) is 1.63. The van der Waals surface area contributed by atoms with Gasteiger partial charge in [-0.25, -0.2) is 8.42 Å². The molecule has 0 bridgehead atoms. The van der Waals surface area contributed by atoms with Gasteiger partial charge in [-0.2, -0.15) is 4.31 Å². The van der Waals surface area contributed by atoms with E-state index in [0.29, 0.717) is 13.2 Å². The topological polar surface area (TPSA) is 96.0 Å². The highest BCUT2D eigenvalue weighted by Gasteiger charge is 2.30. The van der Waals surface area contributed by atoms with Gasteiger partial charge in [-0.15, -0.1) is 0 Å². The standard InChI is InChI=1S/C25H33N3O5S/c1-20(25(30)26-16-23-14-9-15-33-23)28(18-22-12-7-4-8-13-22)24(29)19-27(34(2,31)32)17-21-10-5-3-6-11-21/h3-8,10-13,20,23H,9,14-19H2,1-2H3,(H,26,30)/t20-,23+/m0/s1. The summed E-state index contributed by atoms with van der Waals surface area (Å²) in [5, 5.41) is 2.88. The van der Waals surface area contributed by atoms with E-state index in [1.807, 2.05) is 60.7 Å². The minimum atomic E-state index is -3.66. The van der Waals surface area contributed by atoms with Gasteiger partial charge < -0.3 is 15.0 Å². The van der Waals surface area contributed by atoms with E-state index in [9.17, 15) is 18.0 Å². The fourth-order valence-corrected chi connectivity index (χ4v) is 4.58. The Kier molecular flexibility index (Phi) is 9.20. The van der Waals surface area contributed by atoms with Gasteiger partial charge in [0.25, 0.3) is 0 Å². The zero-order chi connectivity index (χ0) is 24.6. The molecule has 9 heteroatoms. The molecule has 2 amide bonds. The first-order valence-electron chi connectivity index (χ1n) is 11.5. The number of hydrogen-bond donors (Lipinski definition) is 1. The average molecular weight is 488 g/mol. The van der Waals surface area contributed by atoms with Crippen LogP contribution in [0.3, 0.4) is 0 Å². The van der Waals surface area contributed by atoms with Crippen LogP contribution in [0.2, 0.25) is 0 Å². The van der Waals surface area contributed by atoms with E-state index in [1.54, 1.807) is 6.92 Å². The van der Waals surface area contributed by atoms with Crippen molar-refractivity contribution in [3.8, 4) is 0 Å². The lowest BCUT2D eigenvalue weighted by Crippen LogP contribution is -2.51. The van der Waals surface area contributed by atoms with E-state index < -0.39 is 22.0 Å². The summed E-state index contributed by atoms with van der Waals surface area (Å²) in [6.07, 6.45) is 2.94. The van der Waals surface area contributed by atoms with E-state index in [-0.39, 0.29) is 31.6 Å². The first-order chi connectivity index (χ1) is 16.2. The third kappa shape index (κ3) is 7.65. The molecule has 1 heterocycles. The van der Waals surface area contributed by atoms with Gasteiger partial charge in [0.15, 0.2) is 0 Å². The van der Waals surface area contributed by atoms with Gasteiger partial charge >= 0.3 is 0 Å². The summed E-state index contributed by atoms with van der Waals surface area (Å²) in [6, 6.07) is 17.7. The molecule has 0 aromatic heterocycles. The van der Waals surface area contributed by atoms with Crippen LogP contribution in [0.25, 0.3) is 0 Å². The molecule has 1 N–H and O–H groups in total. The summed E-state index contributed by atoms with van der Waals surface area (Å²) in [6.45, 7) is 2.65. The number of sulfonamides is 1. The van der Waals surface area contributed by atoms with Crippen molar-refractivity contribution in [3.05, 3.63) is 71.8 Å². The van der Waals surface area contributed by atoms with Crippen molar-refractivity contribution in [2.45, 2.75) is 45.0 Å². The molecule has 0 aliphatic carbocycles. The van der Waals surface area contributed by atoms with Crippen molar-refractivity contribution in [2.75, 3.05) is 26.0 Å². The van der Waals surface area contributed by atoms with Gasteiger partial charge in [0.1, 0.15) is 6.04 Å². The second kappa shape index (κ2) is 12.1. The van der Waals surface area contributed by atoms with Crippen LogP contribution in [-0.4, -0.2) is 67.5 Å². The summed E-state index contributed by atoms with van der Waals surface area (Å²) in [7, 11) is -3.66. The number of rotatable bonds is 11. The molecule has 1 aliphatic heterocycles. The van der Waals surface area contributed by atoms with E-state index in [2.05, 4.69) is 5.32 Å². The van der Waals surface area contributed by atoms with E-state index in [0.717, 1.165) is 34.5 Å². The Morgan fingerprint density at radius 2 is 1.62 bits per heavy atom. The minimum absolute atomic E-state index is 0.0129. The summed E-state index contributed by atoms with van der Waals surface area (Å²) in [4.78, 5) is 27.8. The predicted octanol–water partition coefficient (Wildman–Crippen LogP) is 2.16. The molecule has 34 heavy (non-hydrogen) atoms. The maximum atomic E-state index is 13.4. The van der Waals surface area contributed by atoms with Gasteiger partial charge in [0, 0.05) is 26.2 Å². The Labute approximate surface area is 201 Å². The molecule has 2 aromatic carbocycles. The second-order valence-electron chi connectivity index (χ2n) is 8.58. The molecule has 184 valence electrons. The Bertz CT molecular complexity index is 1040. The number of carbonyl (C=O) groups excluding carboxylic acids is 2. The highest BCUT2D eigenvalue weighted by molar-refractivity contribution is 7.88. The number of ether oxygens (including phenoxy) is 1. The molecule has 0 saturated carbocycles. The Balaban J connectivity index is 1.75. The molecule has 0 spiro atoms. The lowest BCUT2D eigenvalue weighted by atomic mass is 10.1. The molecule has 3 rings (SSSR count). The zero-order valence-corrected chi connectivity index (χ0v) is 20.5. The van der Waals surface area contributed by atoms with Gasteiger partial charge in [-0.3, -0.25) is 9.59 Å². The second-order valence-corrected chi connectivity index (χ2v) is 10.6. The third-order valence-electron chi connectivity index (χ3n) is 5.87. The first kappa shape index (κ1) is 25.9.